The third kappa shape index (κ3) is 4.24. The van der Waals surface area contributed by atoms with Crippen molar-refractivity contribution < 1.29 is 4.79 Å². The van der Waals surface area contributed by atoms with Crippen molar-refractivity contribution in [3.05, 3.63) is 83.7 Å². The first-order valence-electron chi connectivity index (χ1n) is 12.9. The van der Waals surface area contributed by atoms with Gasteiger partial charge in [-0.25, -0.2) is 9.50 Å². The molecule has 0 unspecified atom stereocenters. The number of carbonyl (C=O) groups is 1. The first-order chi connectivity index (χ1) is 17.6. The van der Waals surface area contributed by atoms with Crippen molar-refractivity contribution >= 4 is 17.4 Å². The van der Waals surface area contributed by atoms with Gasteiger partial charge in [-0.3, -0.25) is 4.79 Å². The molecule has 4 heterocycles. The molecule has 2 aliphatic rings. The number of rotatable bonds is 4. The molecule has 36 heavy (non-hydrogen) atoms. The highest BCUT2D eigenvalue weighted by atomic mass is 16.2. The number of carbonyl (C=O) groups excluding carboxylic acids is 1. The van der Waals surface area contributed by atoms with Crippen molar-refractivity contribution in [3.8, 4) is 11.1 Å². The fourth-order valence-corrected chi connectivity index (χ4v) is 5.57. The highest BCUT2D eigenvalue weighted by Gasteiger charge is 2.31. The van der Waals surface area contributed by atoms with Crippen LogP contribution in [0.3, 0.4) is 0 Å². The molecule has 0 saturated carbocycles. The van der Waals surface area contributed by atoms with E-state index < -0.39 is 0 Å². The zero-order valence-electron chi connectivity index (χ0n) is 20.7. The Morgan fingerprint density at radius 3 is 2.50 bits per heavy atom. The van der Waals surface area contributed by atoms with Crippen LogP contribution >= 0.6 is 0 Å². The summed E-state index contributed by atoms with van der Waals surface area (Å²) in [6, 6.07) is 20.4. The molecule has 0 spiro atoms. The Hall–Kier alpha value is -3.71. The van der Waals surface area contributed by atoms with Gasteiger partial charge in [0.15, 0.2) is 5.65 Å². The van der Waals surface area contributed by atoms with Crippen molar-refractivity contribution in [2.24, 2.45) is 5.73 Å². The molecule has 4 aromatic rings. The molecule has 2 atom stereocenters. The van der Waals surface area contributed by atoms with Crippen LogP contribution in [0.1, 0.15) is 53.3 Å². The number of anilines is 1. The lowest BCUT2D eigenvalue weighted by Gasteiger charge is -2.34. The van der Waals surface area contributed by atoms with Gasteiger partial charge in [-0.15, -0.1) is 0 Å². The third-order valence-electron chi connectivity index (χ3n) is 7.49. The lowest BCUT2D eigenvalue weighted by atomic mass is 9.97. The van der Waals surface area contributed by atoms with Crippen LogP contribution in [0.25, 0.3) is 16.8 Å². The van der Waals surface area contributed by atoms with Gasteiger partial charge in [-0.2, -0.15) is 5.10 Å². The summed E-state index contributed by atoms with van der Waals surface area (Å²) in [4.78, 5) is 22.8. The van der Waals surface area contributed by atoms with Crippen LogP contribution in [0.15, 0.2) is 66.9 Å². The van der Waals surface area contributed by atoms with Crippen molar-refractivity contribution in [3.63, 3.8) is 0 Å². The number of hydrogen-bond acceptors (Lipinski definition) is 5. The van der Waals surface area contributed by atoms with Gasteiger partial charge in [-0.05, 0) is 55.9 Å². The van der Waals surface area contributed by atoms with Gasteiger partial charge in [0.2, 0.25) is 0 Å². The molecule has 2 aliphatic heterocycles. The number of piperidine rings is 1. The summed E-state index contributed by atoms with van der Waals surface area (Å²) in [5.74, 6) is 1.05. The van der Waals surface area contributed by atoms with E-state index in [2.05, 4.69) is 24.0 Å². The number of fused-ring (bicyclic) bond motifs is 1. The summed E-state index contributed by atoms with van der Waals surface area (Å²) in [6.45, 7) is 4.57. The van der Waals surface area contributed by atoms with Crippen molar-refractivity contribution in [1.82, 2.24) is 19.5 Å². The highest BCUT2D eigenvalue weighted by molar-refractivity contribution is 5.95. The van der Waals surface area contributed by atoms with Gasteiger partial charge in [0.1, 0.15) is 5.82 Å². The van der Waals surface area contributed by atoms with Crippen LogP contribution in [0.2, 0.25) is 0 Å². The van der Waals surface area contributed by atoms with E-state index in [0.29, 0.717) is 5.56 Å². The number of amides is 1. The first-order valence-corrected chi connectivity index (χ1v) is 12.9. The van der Waals surface area contributed by atoms with Gasteiger partial charge in [-0.1, -0.05) is 42.5 Å². The molecule has 0 bridgehead atoms. The fraction of sp³-hybridized carbons (Fsp3) is 0.345. The van der Waals surface area contributed by atoms with Gasteiger partial charge in [0.05, 0.1) is 11.7 Å². The number of likely N-dealkylation sites (tertiary alicyclic amines) is 1. The van der Waals surface area contributed by atoms with Crippen LogP contribution in [0.4, 0.5) is 5.82 Å². The smallest absolute Gasteiger partial charge is 0.254 e. The van der Waals surface area contributed by atoms with E-state index in [1.807, 2.05) is 64.1 Å². The zero-order chi connectivity index (χ0) is 24.6. The Kier molecular flexibility index (Phi) is 5.93. The predicted molar refractivity (Wildman–Crippen MR) is 142 cm³/mol. The van der Waals surface area contributed by atoms with Crippen molar-refractivity contribution in [2.45, 2.75) is 44.7 Å². The molecule has 2 aromatic heterocycles. The Labute approximate surface area is 211 Å². The maximum Gasteiger partial charge on any atom is 0.254 e. The Bertz CT molecular complexity index is 1380. The van der Waals surface area contributed by atoms with Crippen LogP contribution in [-0.4, -0.2) is 51.1 Å². The second-order valence-electron chi connectivity index (χ2n) is 10.1. The lowest BCUT2D eigenvalue weighted by molar-refractivity contribution is 0.0605. The normalized spacial score (nSPS) is 20.3. The van der Waals surface area contributed by atoms with Crippen LogP contribution in [-0.2, 0) is 0 Å². The zero-order valence-corrected chi connectivity index (χ0v) is 20.7. The molecular weight excluding hydrogens is 448 g/mol. The summed E-state index contributed by atoms with van der Waals surface area (Å²) in [6.07, 6.45) is 6.03. The SMILES string of the molecule is Cc1cn2nc([C@@H]3CCCCN3C(=O)c3ccc(-c4ccccc4)cc3)cc2nc1N1CC[C@H](N)C1. The van der Waals surface area contributed by atoms with Crippen molar-refractivity contribution in [1.29, 1.82) is 0 Å². The summed E-state index contributed by atoms with van der Waals surface area (Å²) in [5, 5.41) is 4.88. The Morgan fingerprint density at radius 1 is 0.972 bits per heavy atom. The molecule has 1 amide bonds. The second kappa shape index (κ2) is 9.39. The first kappa shape index (κ1) is 22.7. The summed E-state index contributed by atoms with van der Waals surface area (Å²) < 4.78 is 1.86. The minimum atomic E-state index is -0.0503. The van der Waals surface area contributed by atoms with Gasteiger partial charge >= 0.3 is 0 Å². The van der Waals surface area contributed by atoms with Crippen molar-refractivity contribution in [2.75, 3.05) is 24.5 Å². The standard InChI is InChI=1S/C29H32N6O/c1-20-18-35-27(31-28(20)33-16-14-24(30)19-33)17-25(32-35)26-9-5-6-15-34(26)29(36)23-12-10-22(11-13-23)21-7-3-2-4-8-21/h2-4,7-8,10-13,17-18,24,26H,5-6,9,14-16,19,30H2,1H3/t24-,26-/m0/s1. The highest BCUT2D eigenvalue weighted by Crippen LogP contribution is 2.33. The maximum atomic E-state index is 13.6. The van der Waals surface area contributed by atoms with E-state index in [-0.39, 0.29) is 18.0 Å². The van der Waals surface area contributed by atoms with E-state index in [1.165, 1.54) is 0 Å². The van der Waals surface area contributed by atoms with Gasteiger partial charge in [0.25, 0.3) is 5.91 Å². The molecule has 2 aromatic carbocycles. The molecule has 184 valence electrons. The quantitative estimate of drug-likeness (QED) is 0.461. The summed E-state index contributed by atoms with van der Waals surface area (Å²) in [5.41, 5.74) is 11.9. The number of aryl methyl sites for hydroxylation is 1. The van der Waals surface area contributed by atoms with Gasteiger partial charge < -0.3 is 15.5 Å². The molecule has 7 heteroatoms. The van der Waals surface area contributed by atoms with Crippen LogP contribution < -0.4 is 10.6 Å². The second-order valence-corrected chi connectivity index (χ2v) is 10.1. The van der Waals surface area contributed by atoms with Gasteiger partial charge in [0, 0.05) is 49.1 Å². The number of nitrogens with zero attached hydrogens (tertiary/aromatic N) is 5. The lowest BCUT2D eigenvalue weighted by Crippen LogP contribution is -2.38. The van der Waals surface area contributed by atoms with E-state index in [9.17, 15) is 4.79 Å². The molecule has 6 rings (SSSR count). The fourth-order valence-electron chi connectivity index (χ4n) is 5.57. The average Bonchev–Trinajstić information content (AvgIpc) is 3.54. The van der Waals surface area contributed by atoms with E-state index in [1.54, 1.807) is 0 Å². The van der Waals surface area contributed by atoms with Crippen LogP contribution in [0.5, 0.6) is 0 Å². The molecule has 0 radical (unpaired) electrons. The monoisotopic (exact) mass is 480 g/mol. The largest absolute Gasteiger partial charge is 0.355 e. The number of aromatic nitrogens is 3. The number of nitrogens with two attached hydrogens (primary N) is 1. The maximum absolute atomic E-state index is 13.6. The van der Waals surface area contributed by atoms with Crippen LogP contribution in [0, 0.1) is 6.92 Å². The summed E-state index contributed by atoms with van der Waals surface area (Å²) in [7, 11) is 0. The molecule has 0 aliphatic carbocycles. The molecular formula is C29H32N6O. The predicted octanol–water partition coefficient (Wildman–Crippen LogP) is 4.61. The molecule has 2 fully saturated rings. The van der Waals surface area contributed by atoms with E-state index >= 15 is 0 Å². The minimum absolute atomic E-state index is 0.0503. The minimum Gasteiger partial charge on any atom is -0.355 e. The average molecular weight is 481 g/mol. The third-order valence-corrected chi connectivity index (χ3v) is 7.49. The summed E-state index contributed by atoms with van der Waals surface area (Å²) >= 11 is 0. The molecule has 7 nitrogen and oxygen atoms in total. The number of benzene rings is 2. The van der Waals surface area contributed by atoms with E-state index in [0.717, 1.165) is 79.2 Å². The molecule has 2 saturated heterocycles. The number of hydrogen-bond donors (Lipinski definition) is 1. The van der Waals surface area contributed by atoms with E-state index in [4.69, 9.17) is 15.8 Å². The Morgan fingerprint density at radius 2 is 1.75 bits per heavy atom. The topological polar surface area (TPSA) is 79.8 Å². The molecule has 2 N–H and O–H groups in total. The Balaban J connectivity index is 1.27.